The van der Waals surface area contributed by atoms with E-state index in [4.69, 9.17) is 5.73 Å². The Balaban J connectivity index is 1.99. The Kier molecular flexibility index (Phi) is 4.93. The van der Waals surface area contributed by atoms with E-state index < -0.39 is 0 Å². The van der Waals surface area contributed by atoms with E-state index in [1.165, 1.54) is 17.1 Å². The number of nitrogens with zero attached hydrogens (tertiary/aromatic N) is 1. The maximum absolute atomic E-state index is 12.2. The highest BCUT2D eigenvalue weighted by Crippen LogP contribution is 2.26. The first kappa shape index (κ1) is 14.5. The summed E-state index contributed by atoms with van der Waals surface area (Å²) in [6.07, 6.45) is 2.21. The number of aromatic nitrogens is 1. The van der Waals surface area contributed by atoms with Gasteiger partial charge in [-0.25, -0.2) is 4.98 Å². The van der Waals surface area contributed by atoms with E-state index >= 15 is 0 Å². The van der Waals surface area contributed by atoms with Crippen LogP contribution in [0.4, 0.5) is 10.9 Å². The van der Waals surface area contributed by atoms with Crippen LogP contribution in [0.5, 0.6) is 0 Å². The topological polar surface area (TPSA) is 80.0 Å². The number of hydrogen-bond acceptors (Lipinski definition) is 6. The molecule has 0 radical (unpaired) electrons. The van der Waals surface area contributed by atoms with Crippen LogP contribution in [0.15, 0.2) is 0 Å². The molecule has 5 nitrogen and oxygen atoms in total. The van der Waals surface area contributed by atoms with Gasteiger partial charge in [0.1, 0.15) is 10.7 Å². The van der Waals surface area contributed by atoms with Crippen molar-refractivity contribution in [1.29, 1.82) is 0 Å². The van der Waals surface area contributed by atoms with Crippen molar-refractivity contribution in [3.8, 4) is 0 Å². The van der Waals surface area contributed by atoms with Crippen molar-refractivity contribution in [2.45, 2.75) is 38.8 Å². The zero-order valence-corrected chi connectivity index (χ0v) is 12.9. The Morgan fingerprint density at radius 2 is 2.32 bits per heavy atom. The summed E-state index contributed by atoms with van der Waals surface area (Å²) in [7, 11) is 0. The van der Waals surface area contributed by atoms with Crippen molar-refractivity contribution in [2.24, 2.45) is 0 Å². The van der Waals surface area contributed by atoms with Crippen LogP contribution in [0.1, 0.15) is 36.4 Å². The van der Waals surface area contributed by atoms with E-state index in [2.05, 4.69) is 15.6 Å². The molecule has 7 heteroatoms. The van der Waals surface area contributed by atoms with E-state index in [-0.39, 0.29) is 18.0 Å². The number of amides is 1. The van der Waals surface area contributed by atoms with E-state index in [0.29, 0.717) is 15.8 Å². The summed E-state index contributed by atoms with van der Waals surface area (Å²) in [5.74, 6) is 2.40. The molecule has 19 heavy (non-hydrogen) atoms. The van der Waals surface area contributed by atoms with Crippen LogP contribution in [-0.2, 0) is 0 Å². The third kappa shape index (κ3) is 4.01. The van der Waals surface area contributed by atoms with Gasteiger partial charge < -0.3 is 16.4 Å². The van der Waals surface area contributed by atoms with Gasteiger partial charge in [-0.05, 0) is 32.4 Å². The van der Waals surface area contributed by atoms with Crippen molar-refractivity contribution in [3.63, 3.8) is 0 Å². The number of carbonyl (C=O) groups is 1. The average molecular weight is 300 g/mol. The van der Waals surface area contributed by atoms with Crippen molar-refractivity contribution in [2.75, 3.05) is 22.6 Å². The molecule has 1 amide bonds. The van der Waals surface area contributed by atoms with Crippen LogP contribution in [0.25, 0.3) is 0 Å². The van der Waals surface area contributed by atoms with Gasteiger partial charge in [0.05, 0.1) is 0 Å². The number of carbonyl (C=O) groups excluding carboxylic acids is 1. The second-order valence-electron chi connectivity index (χ2n) is 4.92. The SMILES string of the molecule is CC(C)Nc1nc(N)c(C(=O)NC2CCCSC2)s1. The molecule has 1 aromatic heterocycles. The Morgan fingerprint density at radius 1 is 1.53 bits per heavy atom. The molecule has 0 spiro atoms. The fourth-order valence-corrected chi connectivity index (χ4v) is 3.91. The molecule has 0 saturated carbocycles. The molecule has 0 aromatic carbocycles. The van der Waals surface area contributed by atoms with E-state index in [9.17, 15) is 4.79 Å². The van der Waals surface area contributed by atoms with Crippen LogP contribution < -0.4 is 16.4 Å². The number of nitrogens with one attached hydrogen (secondary N) is 2. The summed E-state index contributed by atoms with van der Waals surface area (Å²) in [6, 6.07) is 0.533. The maximum Gasteiger partial charge on any atom is 0.265 e. The standard InChI is InChI=1S/C12H20N4OS2/c1-7(2)14-12-16-10(13)9(19-12)11(17)15-8-4-3-5-18-6-8/h7-8H,3-6,13H2,1-2H3,(H,14,16)(H,15,17). The molecule has 1 aromatic rings. The van der Waals surface area contributed by atoms with Gasteiger partial charge in [0.2, 0.25) is 0 Å². The van der Waals surface area contributed by atoms with Gasteiger partial charge in [-0.1, -0.05) is 11.3 Å². The van der Waals surface area contributed by atoms with Gasteiger partial charge in [-0.2, -0.15) is 11.8 Å². The molecule has 1 atom stereocenters. The fraction of sp³-hybridized carbons (Fsp3) is 0.667. The summed E-state index contributed by atoms with van der Waals surface area (Å²) < 4.78 is 0. The Bertz CT molecular complexity index is 441. The van der Waals surface area contributed by atoms with Crippen LogP contribution in [-0.4, -0.2) is 34.5 Å². The van der Waals surface area contributed by atoms with Crippen LogP contribution >= 0.6 is 23.1 Å². The summed E-state index contributed by atoms with van der Waals surface area (Å²) in [5, 5.41) is 6.92. The highest BCUT2D eigenvalue weighted by atomic mass is 32.2. The molecule has 1 unspecified atom stereocenters. The van der Waals surface area contributed by atoms with E-state index in [1.807, 2.05) is 25.6 Å². The van der Waals surface area contributed by atoms with Crippen LogP contribution in [0, 0.1) is 0 Å². The molecule has 1 aliphatic heterocycles. The molecule has 0 bridgehead atoms. The minimum absolute atomic E-state index is 0.0979. The normalized spacial score (nSPS) is 19.4. The second kappa shape index (κ2) is 6.47. The lowest BCUT2D eigenvalue weighted by Gasteiger charge is -2.22. The lowest BCUT2D eigenvalue weighted by Crippen LogP contribution is -2.38. The lowest BCUT2D eigenvalue weighted by molar-refractivity contribution is 0.0943. The highest BCUT2D eigenvalue weighted by molar-refractivity contribution is 7.99. The van der Waals surface area contributed by atoms with Crippen LogP contribution in [0.2, 0.25) is 0 Å². The maximum atomic E-state index is 12.2. The molecular formula is C12H20N4OS2. The summed E-state index contributed by atoms with van der Waals surface area (Å²) in [4.78, 5) is 16.9. The highest BCUT2D eigenvalue weighted by Gasteiger charge is 2.21. The van der Waals surface area contributed by atoms with Gasteiger partial charge in [0, 0.05) is 17.8 Å². The molecule has 0 aliphatic carbocycles. The number of rotatable bonds is 4. The first-order chi connectivity index (χ1) is 9.06. The Labute approximate surface area is 121 Å². The van der Waals surface area contributed by atoms with E-state index in [0.717, 1.165) is 18.6 Å². The van der Waals surface area contributed by atoms with Gasteiger partial charge in [-0.15, -0.1) is 0 Å². The first-order valence-corrected chi connectivity index (χ1v) is 8.45. The van der Waals surface area contributed by atoms with Crippen molar-refractivity contribution in [1.82, 2.24) is 10.3 Å². The summed E-state index contributed by atoms with van der Waals surface area (Å²) >= 11 is 3.21. The lowest BCUT2D eigenvalue weighted by atomic mass is 10.2. The van der Waals surface area contributed by atoms with Gasteiger partial charge >= 0.3 is 0 Å². The minimum atomic E-state index is -0.0979. The number of nitrogen functional groups attached to an aromatic ring is 1. The molecule has 106 valence electrons. The minimum Gasteiger partial charge on any atom is -0.382 e. The molecular weight excluding hydrogens is 280 g/mol. The number of thiazole rings is 1. The summed E-state index contributed by atoms with van der Waals surface area (Å²) in [6.45, 7) is 4.05. The zero-order valence-electron chi connectivity index (χ0n) is 11.2. The molecule has 1 aliphatic rings. The van der Waals surface area contributed by atoms with Crippen molar-refractivity contribution < 1.29 is 4.79 Å². The predicted molar refractivity (Wildman–Crippen MR) is 83.1 cm³/mol. The number of hydrogen-bond donors (Lipinski definition) is 3. The molecule has 4 N–H and O–H groups in total. The number of anilines is 2. The molecule has 2 rings (SSSR count). The largest absolute Gasteiger partial charge is 0.382 e. The quantitative estimate of drug-likeness (QED) is 0.794. The molecule has 1 saturated heterocycles. The third-order valence-electron chi connectivity index (χ3n) is 2.77. The summed E-state index contributed by atoms with van der Waals surface area (Å²) in [5.41, 5.74) is 5.82. The van der Waals surface area contributed by atoms with Crippen molar-refractivity contribution >= 4 is 40.0 Å². The van der Waals surface area contributed by atoms with Crippen molar-refractivity contribution in [3.05, 3.63) is 4.88 Å². The Hall–Kier alpha value is -0.950. The smallest absolute Gasteiger partial charge is 0.265 e. The monoisotopic (exact) mass is 300 g/mol. The third-order valence-corrected chi connectivity index (χ3v) is 4.98. The first-order valence-electron chi connectivity index (χ1n) is 6.47. The number of nitrogens with two attached hydrogens (primary N) is 1. The van der Waals surface area contributed by atoms with Gasteiger partial charge in [0.15, 0.2) is 5.13 Å². The van der Waals surface area contributed by atoms with Gasteiger partial charge in [-0.3, -0.25) is 4.79 Å². The van der Waals surface area contributed by atoms with Crippen LogP contribution in [0.3, 0.4) is 0 Å². The Morgan fingerprint density at radius 3 is 2.95 bits per heavy atom. The average Bonchev–Trinajstić information content (AvgIpc) is 2.70. The fourth-order valence-electron chi connectivity index (χ4n) is 1.91. The molecule has 2 heterocycles. The number of thioether (sulfide) groups is 1. The molecule has 1 fully saturated rings. The second-order valence-corrected chi connectivity index (χ2v) is 7.07. The van der Waals surface area contributed by atoms with E-state index in [1.54, 1.807) is 0 Å². The van der Waals surface area contributed by atoms with Gasteiger partial charge in [0.25, 0.3) is 5.91 Å². The zero-order chi connectivity index (χ0) is 13.8. The predicted octanol–water partition coefficient (Wildman–Crippen LogP) is 2.17.